The normalized spacial score (nSPS) is 11.8. The molecule has 0 saturated heterocycles. The zero-order chi connectivity index (χ0) is 17.0. The maximum Gasteiger partial charge on any atom is 0.358 e. The van der Waals surface area contributed by atoms with E-state index in [-0.39, 0.29) is 10.7 Å². The van der Waals surface area contributed by atoms with Gasteiger partial charge in [0.2, 0.25) is 0 Å². The quantitative estimate of drug-likeness (QED) is 0.237. The molecule has 0 aliphatic rings. The van der Waals surface area contributed by atoms with Gasteiger partial charge in [-0.25, -0.2) is 9.78 Å². The van der Waals surface area contributed by atoms with Gasteiger partial charge in [-0.05, 0) is 23.9 Å². The SMILES string of the molecule is COC(=O)/C(NN)=C(/N)Sc1nc(-c2ccc(Cl)c(Cl)c2)cs1. The van der Waals surface area contributed by atoms with Crippen molar-refractivity contribution in [2.75, 3.05) is 7.11 Å². The minimum absolute atomic E-state index is 0.0243. The number of carbonyl (C=O) groups excluding carboxylic acids is 1. The molecule has 0 spiro atoms. The molecular formula is C13H12Cl2N4O2S2. The van der Waals surface area contributed by atoms with Gasteiger partial charge in [0.1, 0.15) is 5.03 Å². The average molecular weight is 391 g/mol. The molecule has 1 aromatic carbocycles. The zero-order valence-electron chi connectivity index (χ0n) is 11.8. The average Bonchev–Trinajstić information content (AvgIpc) is 2.98. The Morgan fingerprint density at radius 1 is 1.39 bits per heavy atom. The fourth-order valence-electron chi connectivity index (χ4n) is 1.57. The van der Waals surface area contributed by atoms with Crippen LogP contribution in [-0.4, -0.2) is 18.1 Å². The summed E-state index contributed by atoms with van der Waals surface area (Å²) in [6, 6.07) is 5.25. The molecule has 2 rings (SSSR count). The van der Waals surface area contributed by atoms with Crippen LogP contribution < -0.4 is 17.0 Å². The molecule has 1 heterocycles. The monoisotopic (exact) mass is 390 g/mol. The molecule has 0 saturated carbocycles. The van der Waals surface area contributed by atoms with Crippen molar-refractivity contribution in [3.63, 3.8) is 0 Å². The third kappa shape index (κ3) is 4.30. The summed E-state index contributed by atoms with van der Waals surface area (Å²) >= 11 is 14.4. The lowest BCUT2D eigenvalue weighted by molar-refractivity contribution is -0.136. The lowest BCUT2D eigenvalue weighted by Gasteiger charge is -2.07. The number of hydrogen-bond acceptors (Lipinski definition) is 8. The summed E-state index contributed by atoms with van der Waals surface area (Å²) in [4.78, 5) is 15.9. The Hall–Kier alpha value is -1.45. The Morgan fingerprint density at radius 2 is 2.13 bits per heavy atom. The maximum absolute atomic E-state index is 11.5. The van der Waals surface area contributed by atoms with Crippen LogP contribution in [0.25, 0.3) is 11.3 Å². The Kier molecular flexibility index (Phi) is 6.14. The predicted octanol–water partition coefficient (Wildman–Crippen LogP) is 2.97. The Morgan fingerprint density at radius 3 is 2.74 bits per heavy atom. The van der Waals surface area contributed by atoms with Gasteiger partial charge < -0.3 is 15.9 Å². The number of thioether (sulfide) groups is 1. The number of halogens is 2. The number of nitrogens with zero attached hydrogens (tertiary/aromatic N) is 1. The second kappa shape index (κ2) is 7.89. The standard InChI is InChI=1S/C13H12Cl2N4O2S2/c1-21-12(20)10(19-17)11(16)23-13-18-9(5-22-13)6-2-3-7(14)8(15)4-6/h2-5,19H,16-17H2,1H3/b11-10+. The van der Waals surface area contributed by atoms with Crippen LogP contribution in [0.4, 0.5) is 0 Å². The highest BCUT2D eigenvalue weighted by Gasteiger charge is 2.16. The second-order valence-electron chi connectivity index (χ2n) is 4.10. The Labute approximate surface area is 150 Å². The van der Waals surface area contributed by atoms with Gasteiger partial charge in [0.05, 0.1) is 22.8 Å². The van der Waals surface area contributed by atoms with Crippen LogP contribution in [0.2, 0.25) is 10.0 Å². The molecule has 0 unspecified atom stereocenters. The summed E-state index contributed by atoms with van der Waals surface area (Å²) in [5.74, 6) is 4.63. The van der Waals surface area contributed by atoms with E-state index in [4.69, 9.17) is 34.8 Å². The molecule has 0 aliphatic heterocycles. The molecule has 10 heteroatoms. The molecule has 122 valence electrons. The highest BCUT2D eigenvalue weighted by molar-refractivity contribution is 8.04. The van der Waals surface area contributed by atoms with E-state index in [1.165, 1.54) is 18.4 Å². The van der Waals surface area contributed by atoms with E-state index in [1.807, 2.05) is 11.4 Å². The van der Waals surface area contributed by atoms with Crippen LogP contribution in [0.1, 0.15) is 0 Å². The number of nitrogens with one attached hydrogen (secondary N) is 1. The van der Waals surface area contributed by atoms with E-state index in [9.17, 15) is 4.79 Å². The molecule has 6 nitrogen and oxygen atoms in total. The number of rotatable bonds is 5. The number of ether oxygens (including phenoxy) is 1. The fourth-order valence-corrected chi connectivity index (χ4v) is 3.60. The van der Waals surface area contributed by atoms with Crippen LogP contribution in [0.15, 0.2) is 38.6 Å². The van der Waals surface area contributed by atoms with Crippen molar-refractivity contribution in [2.45, 2.75) is 4.34 Å². The molecule has 0 fully saturated rings. The lowest BCUT2D eigenvalue weighted by atomic mass is 10.2. The van der Waals surface area contributed by atoms with E-state index in [0.29, 0.717) is 14.4 Å². The van der Waals surface area contributed by atoms with Gasteiger partial charge in [-0.1, -0.05) is 29.3 Å². The number of thiazole rings is 1. The van der Waals surface area contributed by atoms with Crippen molar-refractivity contribution >= 4 is 52.3 Å². The number of hydrogen-bond donors (Lipinski definition) is 3. The van der Waals surface area contributed by atoms with Crippen molar-refractivity contribution < 1.29 is 9.53 Å². The number of benzene rings is 1. The molecule has 23 heavy (non-hydrogen) atoms. The second-order valence-corrected chi connectivity index (χ2v) is 7.07. The summed E-state index contributed by atoms with van der Waals surface area (Å²) < 4.78 is 5.22. The number of nitrogens with two attached hydrogens (primary N) is 2. The first-order valence-corrected chi connectivity index (χ1v) is 8.55. The smallest absolute Gasteiger partial charge is 0.358 e. The largest absolute Gasteiger partial charge is 0.464 e. The number of esters is 1. The van der Waals surface area contributed by atoms with E-state index >= 15 is 0 Å². The first-order chi connectivity index (χ1) is 11.0. The topological polar surface area (TPSA) is 103 Å². The first kappa shape index (κ1) is 17.9. The number of methoxy groups -OCH3 is 1. The molecule has 5 N–H and O–H groups in total. The Bertz CT molecular complexity index is 764. The maximum atomic E-state index is 11.5. The summed E-state index contributed by atoms with van der Waals surface area (Å²) in [7, 11) is 1.24. The van der Waals surface area contributed by atoms with Crippen LogP contribution in [0.3, 0.4) is 0 Å². The van der Waals surface area contributed by atoms with Crippen LogP contribution in [0.5, 0.6) is 0 Å². The van der Waals surface area contributed by atoms with Crippen molar-refractivity contribution in [1.82, 2.24) is 10.4 Å². The Balaban J connectivity index is 2.24. The molecule has 0 bridgehead atoms. The van der Waals surface area contributed by atoms with E-state index in [2.05, 4.69) is 15.1 Å². The highest BCUT2D eigenvalue weighted by atomic mass is 35.5. The summed E-state index contributed by atoms with van der Waals surface area (Å²) in [6.07, 6.45) is 0. The van der Waals surface area contributed by atoms with Crippen molar-refractivity contribution in [3.8, 4) is 11.3 Å². The zero-order valence-corrected chi connectivity index (χ0v) is 14.9. The van der Waals surface area contributed by atoms with E-state index in [0.717, 1.165) is 23.0 Å². The summed E-state index contributed by atoms with van der Waals surface area (Å²) in [5, 5.41) is 2.94. The molecule has 0 radical (unpaired) electrons. The van der Waals surface area contributed by atoms with E-state index < -0.39 is 5.97 Å². The van der Waals surface area contributed by atoms with Crippen LogP contribution in [-0.2, 0) is 9.53 Å². The lowest BCUT2D eigenvalue weighted by Crippen LogP contribution is -2.30. The highest BCUT2D eigenvalue weighted by Crippen LogP contribution is 2.33. The molecule has 2 aromatic rings. The molecule has 0 aliphatic carbocycles. The molecular weight excluding hydrogens is 379 g/mol. The fraction of sp³-hybridized carbons (Fsp3) is 0.0769. The van der Waals surface area contributed by atoms with Gasteiger partial charge in [-0.3, -0.25) is 5.84 Å². The van der Waals surface area contributed by atoms with Gasteiger partial charge in [0.25, 0.3) is 0 Å². The van der Waals surface area contributed by atoms with Crippen LogP contribution >= 0.6 is 46.3 Å². The van der Waals surface area contributed by atoms with Gasteiger partial charge in [-0.2, -0.15) is 0 Å². The third-order valence-corrected chi connectivity index (χ3v) is 5.28. The molecule has 0 atom stereocenters. The summed E-state index contributed by atoms with van der Waals surface area (Å²) in [5.41, 5.74) is 9.62. The molecule has 1 aromatic heterocycles. The predicted molar refractivity (Wildman–Crippen MR) is 94.0 cm³/mol. The summed E-state index contributed by atoms with van der Waals surface area (Å²) in [6.45, 7) is 0. The van der Waals surface area contributed by atoms with E-state index in [1.54, 1.807) is 12.1 Å². The van der Waals surface area contributed by atoms with Crippen molar-refractivity contribution in [1.29, 1.82) is 0 Å². The minimum Gasteiger partial charge on any atom is -0.464 e. The number of aromatic nitrogens is 1. The first-order valence-electron chi connectivity index (χ1n) is 6.09. The van der Waals surface area contributed by atoms with Crippen molar-refractivity contribution in [2.24, 2.45) is 11.6 Å². The van der Waals surface area contributed by atoms with Crippen molar-refractivity contribution in [3.05, 3.63) is 44.4 Å². The molecule has 0 amide bonds. The minimum atomic E-state index is -0.654. The van der Waals surface area contributed by atoms with Gasteiger partial charge in [0.15, 0.2) is 10.0 Å². The van der Waals surface area contributed by atoms with Crippen LogP contribution in [0, 0.1) is 0 Å². The number of hydrazine groups is 1. The van der Waals surface area contributed by atoms with Gasteiger partial charge in [-0.15, -0.1) is 11.3 Å². The number of carbonyl (C=O) groups is 1. The van der Waals surface area contributed by atoms with Gasteiger partial charge in [0, 0.05) is 10.9 Å². The third-order valence-electron chi connectivity index (χ3n) is 2.68. The van der Waals surface area contributed by atoms with Gasteiger partial charge >= 0.3 is 5.97 Å².